The molecule has 3 rings (SSSR count). The minimum absolute atomic E-state index is 0.0999. The number of fused-ring (bicyclic) bond motifs is 1. The highest BCUT2D eigenvalue weighted by molar-refractivity contribution is 5.45. The largest absolute Gasteiger partial charge is 0.497 e. The van der Waals surface area contributed by atoms with Crippen LogP contribution in [0.3, 0.4) is 0 Å². The maximum atomic E-state index is 5.98. The molecule has 1 aliphatic rings. The summed E-state index contributed by atoms with van der Waals surface area (Å²) in [5.41, 5.74) is 7.73. The number of hydrogen-bond donors (Lipinski definition) is 1. The Labute approximate surface area is 118 Å². The summed E-state index contributed by atoms with van der Waals surface area (Å²) in [6.07, 6.45) is -0.0999. The van der Waals surface area contributed by atoms with Crippen LogP contribution in [-0.4, -0.2) is 13.7 Å². The lowest BCUT2D eigenvalue weighted by atomic mass is 10.1. The molecular weight excluding hydrogens is 254 g/mol. The Morgan fingerprint density at radius 2 is 1.95 bits per heavy atom. The van der Waals surface area contributed by atoms with Gasteiger partial charge < -0.3 is 19.9 Å². The van der Waals surface area contributed by atoms with E-state index in [0.717, 1.165) is 28.4 Å². The Hall–Kier alpha value is -2.20. The van der Waals surface area contributed by atoms with Gasteiger partial charge in [0, 0.05) is 6.54 Å². The fraction of sp³-hybridized carbons (Fsp3) is 0.250. The molecule has 2 N–H and O–H groups in total. The number of methoxy groups -OCH3 is 1. The highest BCUT2D eigenvalue weighted by atomic mass is 16.6. The van der Waals surface area contributed by atoms with Gasteiger partial charge in [0.2, 0.25) is 0 Å². The molecule has 0 radical (unpaired) electrons. The zero-order chi connectivity index (χ0) is 13.9. The lowest BCUT2D eigenvalue weighted by molar-refractivity contribution is 0.0911. The predicted molar refractivity (Wildman–Crippen MR) is 76.2 cm³/mol. The van der Waals surface area contributed by atoms with Crippen molar-refractivity contribution in [3.05, 3.63) is 53.6 Å². The molecule has 0 aliphatic carbocycles. The number of benzene rings is 2. The van der Waals surface area contributed by atoms with Crippen molar-refractivity contribution in [3.8, 4) is 17.2 Å². The van der Waals surface area contributed by atoms with E-state index in [9.17, 15) is 0 Å². The molecule has 0 fully saturated rings. The monoisotopic (exact) mass is 271 g/mol. The van der Waals surface area contributed by atoms with Crippen molar-refractivity contribution >= 4 is 0 Å². The topological polar surface area (TPSA) is 53.7 Å². The van der Waals surface area contributed by atoms with Gasteiger partial charge in [-0.1, -0.05) is 18.2 Å². The van der Waals surface area contributed by atoms with Crippen LogP contribution < -0.4 is 19.9 Å². The Kier molecular flexibility index (Phi) is 3.48. The number of ether oxygens (including phenoxy) is 3. The zero-order valence-corrected chi connectivity index (χ0v) is 11.3. The van der Waals surface area contributed by atoms with E-state index >= 15 is 0 Å². The van der Waals surface area contributed by atoms with Crippen LogP contribution in [0.4, 0.5) is 0 Å². The van der Waals surface area contributed by atoms with Gasteiger partial charge in [-0.2, -0.15) is 0 Å². The maximum absolute atomic E-state index is 5.98. The first kappa shape index (κ1) is 12.8. The van der Waals surface area contributed by atoms with Crippen molar-refractivity contribution in [1.29, 1.82) is 0 Å². The molecule has 1 unspecified atom stereocenters. The number of rotatable bonds is 3. The van der Waals surface area contributed by atoms with Crippen molar-refractivity contribution in [2.45, 2.75) is 12.6 Å². The minimum Gasteiger partial charge on any atom is -0.497 e. The second-order valence-electron chi connectivity index (χ2n) is 4.68. The molecule has 0 amide bonds. The van der Waals surface area contributed by atoms with Crippen LogP contribution in [0.15, 0.2) is 42.5 Å². The maximum Gasteiger partial charge on any atom is 0.162 e. The normalized spacial score (nSPS) is 16.8. The van der Waals surface area contributed by atoms with Crippen LogP contribution in [0.25, 0.3) is 0 Å². The van der Waals surface area contributed by atoms with E-state index in [1.165, 1.54) is 0 Å². The summed E-state index contributed by atoms with van der Waals surface area (Å²) >= 11 is 0. The van der Waals surface area contributed by atoms with Gasteiger partial charge in [0.15, 0.2) is 17.6 Å². The van der Waals surface area contributed by atoms with Gasteiger partial charge >= 0.3 is 0 Å². The molecule has 0 saturated heterocycles. The Balaban J connectivity index is 1.80. The molecule has 2 aromatic rings. The third kappa shape index (κ3) is 2.42. The first-order valence-electron chi connectivity index (χ1n) is 6.56. The van der Waals surface area contributed by atoms with Crippen LogP contribution in [0.1, 0.15) is 17.2 Å². The van der Waals surface area contributed by atoms with E-state index in [2.05, 4.69) is 0 Å². The molecule has 2 aromatic carbocycles. The van der Waals surface area contributed by atoms with E-state index in [0.29, 0.717) is 13.2 Å². The summed E-state index contributed by atoms with van der Waals surface area (Å²) in [5, 5.41) is 0. The van der Waals surface area contributed by atoms with Crippen molar-refractivity contribution < 1.29 is 14.2 Å². The molecule has 0 aromatic heterocycles. The summed E-state index contributed by atoms with van der Waals surface area (Å²) in [6.45, 7) is 0.992. The predicted octanol–water partition coefficient (Wildman–Crippen LogP) is 2.67. The molecule has 20 heavy (non-hydrogen) atoms. The molecule has 4 heteroatoms. The number of nitrogens with two attached hydrogens (primary N) is 1. The van der Waals surface area contributed by atoms with E-state index in [4.69, 9.17) is 19.9 Å². The summed E-state index contributed by atoms with van der Waals surface area (Å²) in [6, 6.07) is 13.6. The molecule has 0 spiro atoms. The van der Waals surface area contributed by atoms with Gasteiger partial charge in [-0.3, -0.25) is 0 Å². The van der Waals surface area contributed by atoms with Crippen molar-refractivity contribution in [2.75, 3.05) is 13.7 Å². The average molecular weight is 271 g/mol. The Morgan fingerprint density at radius 1 is 1.15 bits per heavy atom. The fourth-order valence-electron chi connectivity index (χ4n) is 2.23. The van der Waals surface area contributed by atoms with Crippen LogP contribution in [0.5, 0.6) is 17.2 Å². The molecule has 1 aliphatic heterocycles. The van der Waals surface area contributed by atoms with E-state index in [1.54, 1.807) is 7.11 Å². The summed E-state index contributed by atoms with van der Waals surface area (Å²) in [4.78, 5) is 0. The quantitative estimate of drug-likeness (QED) is 0.932. The van der Waals surface area contributed by atoms with Gasteiger partial charge in [-0.25, -0.2) is 0 Å². The third-order valence-corrected chi connectivity index (χ3v) is 3.39. The van der Waals surface area contributed by atoms with Crippen LogP contribution in [-0.2, 0) is 6.54 Å². The minimum atomic E-state index is -0.0999. The zero-order valence-electron chi connectivity index (χ0n) is 11.3. The lowest BCUT2D eigenvalue weighted by Gasteiger charge is -2.27. The van der Waals surface area contributed by atoms with Crippen LogP contribution in [0, 0.1) is 0 Å². The first-order valence-corrected chi connectivity index (χ1v) is 6.56. The van der Waals surface area contributed by atoms with E-state index in [-0.39, 0.29) is 6.10 Å². The summed E-state index contributed by atoms with van der Waals surface area (Å²) in [7, 11) is 1.65. The summed E-state index contributed by atoms with van der Waals surface area (Å²) < 4.78 is 16.9. The number of hydrogen-bond acceptors (Lipinski definition) is 4. The third-order valence-electron chi connectivity index (χ3n) is 3.39. The highest BCUT2D eigenvalue weighted by Gasteiger charge is 2.22. The van der Waals surface area contributed by atoms with Crippen molar-refractivity contribution in [1.82, 2.24) is 0 Å². The van der Waals surface area contributed by atoms with E-state index < -0.39 is 0 Å². The summed E-state index contributed by atoms with van der Waals surface area (Å²) in [5.74, 6) is 2.35. The van der Waals surface area contributed by atoms with Crippen molar-refractivity contribution in [3.63, 3.8) is 0 Å². The van der Waals surface area contributed by atoms with Gasteiger partial charge in [0.1, 0.15) is 12.4 Å². The molecule has 0 bridgehead atoms. The Morgan fingerprint density at radius 3 is 2.65 bits per heavy atom. The second-order valence-corrected chi connectivity index (χ2v) is 4.68. The van der Waals surface area contributed by atoms with Gasteiger partial charge in [0.05, 0.1) is 7.11 Å². The molecular formula is C16H17NO3. The Bertz CT molecular complexity index is 595. The standard InChI is InChI=1S/C16H17NO3/c1-18-13-5-3-12(4-6-13)16-10-19-15-8-11(9-17)2-7-14(15)20-16/h2-8,16H,9-10,17H2,1H3. The van der Waals surface area contributed by atoms with Crippen LogP contribution >= 0.6 is 0 Å². The SMILES string of the molecule is COc1ccc(C2COc3cc(CN)ccc3O2)cc1. The molecule has 1 atom stereocenters. The molecule has 104 valence electrons. The highest BCUT2D eigenvalue weighted by Crippen LogP contribution is 2.37. The average Bonchev–Trinajstić information content (AvgIpc) is 2.54. The first-order chi connectivity index (χ1) is 9.80. The van der Waals surface area contributed by atoms with Gasteiger partial charge in [-0.05, 0) is 35.4 Å². The van der Waals surface area contributed by atoms with Crippen molar-refractivity contribution in [2.24, 2.45) is 5.73 Å². The van der Waals surface area contributed by atoms with Crippen LogP contribution in [0.2, 0.25) is 0 Å². The van der Waals surface area contributed by atoms with Gasteiger partial charge in [-0.15, -0.1) is 0 Å². The lowest BCUT2D eigenvalue weighted by Crippen LogP contribution is -2.21. The molecule has 0 saturated carbocycles. The molecule has 1 heterocycles. The van der Waals surface area contributed by atoms with Gasteiger partial charge in [0.25, 0.3) is 0 Å². The second kappa shape index (κ2) is 5.43. The van der Waals surface area contributed by atoms with E-state index in [1.807, 2.05) is 42.5 Å². The smallest absolute Gasteiger partial charge is 0.162 e. The fourth-order valence-corrected chi connectivity index (χ4v) is 2.23. The molecule has 4 nitrogen and oxygen atoms in total.